The number of likely N-dealkylation sites (tertiary alicyclic amines) is 1. The average Bonchev–Trinajstić information content (AvgIpc) is 2.42. The van der Waals surface area contributed by atoms with Gasteiger partial charge in [-0.05, 0) is 31.5 Å². The van der Waals surface area contributed by atoms with Gasteiger partial charge in [0.2, 0.25) is 0 Å². The molecule has 0 bridgehead atoms. The Bertz CT molecular complexity index is 368. The van der Waals surface area contributed by atoms with Gasteiger partial charge in [-0.1, -0.05) is 37.3 Å². The topological polar surface area (TPSA) is 24.5 Å². The van der Waals surface area contributed by atoms with Crippen molar-refractivity contribution in [2.45, 2.75) is 25.4 Å². The second-order valence-electron chi connectivity index (χ2n) is 5.72. The number of rotatable bonds is 5. The van der Waals surface area contributed by atoms with Gasteiger partial charge in [-0.2, -0.15) is 0 Å². The summed E-state index contributed by atoms with van der Waals surface area (Å²) in [5.74, 6) is 0.682. The summed E-state index contributed by atoms with van der Waals surface area (Å²) in [6.45, 7) is 5.41. The summed E-state index contributed by atoms with van der Waals surface area (Å²) in [6.07, 6.45) is 1.21. The van der Waals surface area contributed by atoms with E-state index in [-0.39, 0.29) is 0 Å². The smallest absolute Gasteiger partial charge is 0.0657 e. The molecule has 1 N–H and O–H groups in total. The largest absolute Gasteiger partial charge is 0.383 e. The van der Waals surface area contributed by atoms with Crippen LogP contribution in [0.25, 0.3) is 0 Å². The van der Waals surface area contributed by atoms with Gasteiger partial charge >= 0.3 is 0 Å². The Morgan fingerprint density at radius 2 is 2.11 bits per heavy atom. The predicted molar refractivity (Wildman–Crippen MR) is 79.3 cm³/mol. The third-order valence-electron chi connectivity index (χ3n) is 4.06. The molecule has 0 spiro atoms. The van der Waals surface area contributed by atoms with Crippen LogP contribution in [0.4, 0.5) is 0 Å². The lowest BCUT2D eigenvalue weighted by Crippen LogP contribution is -2.48. The van der Waals surface area contributed by atoms with Gasteiger partial charge in [-0.3, -0.25) is 0 Å². The average molecular weight is 262 g/mol. The third kappa shape index (κ3) is 4.03. The van der Waals surface area contributed by atoms with Crippen molar-refractivity contribution < 1.29 is 4.74 Å². The fraction of sp³-hybridized carbons (Fsp3) is 0.625. The highest BCUT2D eigenvalue weighted by molar-refractivity contribution is 5.19. The first-order valence-electron chi connectivity index (χ1n) is 7.19. The van der Waals surface area contributed by atoms with E-state index in [0.717, 1.165) is 6.61 Å². The van der Waals surface area contributed by atoms with Crippen molar-refractivity contribution in [3.63, 3.8) is 0 Å². The number of nitrogens with zero attached hydrogens (tertiary/aromatic N) is 1. The van der Waals surface area contributed by atoms with E-state index in [9.17, 15) is 0 Å². The summed E-state index contributed by atoms with van der Waals surface area (Å²) in [5, 5.41) is 3.79. The second-order valence-corrected chi connectivity index (χ2v) is 5.72. The third-order valence-corrected chi connectivity index (χ3v) is 4.06. The highest BCUT2D eigenvalue weighted by atomic mass is 16.5. The number of benzene rings is 1. The molecule has 1 heterocycles. The number of piperidine rings is 1. The first-order chi connectivity index (χ1) is 9.20. The number of ether oxygens (including phenoxy) is 1. The molecule has 0 radical (unpaired) electrons. The lowest BCUT2D eigenvalue weighted by atomic mass is 9.92. The Hall–Kier alpha value is -0.900. The number of hydrogen-bond donors (Lipinski definition) is 1. The van der Waals surface area contributed by atoms with E-state index in [2.05, 4.69) is 54.5 Å². The van der Waals surface area contributed by atoms with Crippen LogP contribution in [0.5, 0.6) is 0 Å². The Balaban J connectivity index is 2.01. The highest BCUT2D eigenvalue weighted by Gasteiger charge is 2.26. The van der Waals surface area contributed by atoms with Crippen LogP contribution in [0.3, 0.4) is 0 Å². The molecule has 19 heavy (non-hydrogen) atoms. The van der Waals surface area contributed by atoms with Crippen molar-refractivity contribution in [3.8, 4) is 0 Å². The van der Waals surface area contributed by atoms with E-state index in [1.165, 1.54) is 25.1 Å². The molecule has 106 valence electrons. The van der Waals surface area contributed by atoms with Gasteiger partial charge in [0.25, 0.3) is 0 Å². The van der Waals surface area contributed by atoms with E-state index >= 15 is 0 Å². The van der Waals surface area contributed by atoms with Crippen LogP contribution in [-0.4, -0.2) is 44.8 Å². The monoisotopic (exact) mass is 262 g/mol. The Morgan fingerprint density at radius 3 is 2.74 bits per heavy atom. The molecule has 1 fully saturated rings. The zero-order chi connectivity index (χ0) is 13.7. The maximum absolute atomic E-state index is 5.38. The summed E-state index contributed by atoms with van der Waals surface area (Å²) < 4.78 is 5.38. The fourth-order valence-electron chi connectivity index (χ4n) is 2.95. The SMILES string of the molecule is COCC(NC1CCN(C)CC1C)c1ccccc1. The summed E-state index contributed by atoms with van der Waals surface area (Å²) in [4.78, 5) is 2.41. The molecule has 0 aromatic heterocycles. The Kier molecular flexibility index (Phi) is 5.37. The normalized spacial score (nSPS) is 26.3. The maximum Gasteiger partial charge on any atom is 0.0657 e. The van der Waals surface area contributed by atoms with Crippen molar-refractivity contribution in [3.05, 3.63) is 35.9 Å². The van der Waals surface area contributed by atoms with E-state index in [1.807, 2.05) is 0 Å². The van der Waals surface area contributed by atoms with E-state index in [0.29, 0.717) is 18.0 Å². The van der Waals surface area contributed by atoms with Gasteiger partial charge in [0, 0.05) is 19.7 Å². The second kappa shape index (κ2) is 7.04. The van der Waals surface area contributed by atoms with Gasteiger partial charge in [0.1, 0.15) is 0 Å². The first-order valence-corrected chi connectivity index (χ1v) is 7.19. The molecule has 3 nitrogen and oxygen atoms in total. The van der Waals surface area contributed by atoms with Crippen LogP contribution in [0.1, 0.15) is 24.9 Å². The molecular formula is C16H26N2O. The molecule has 0 aliphatic carbocycles. The molecule has 0 saturated carbocycles. The first kappa shape index (κ1) is 14.5. The van der Waals surface area contributed by atoms with E-state index in [1.54, 1.807) is 7.11 Å². The minimum Gasteiger partial charge on any atom is -0.383 e. The van der Waals surface area contributed by atoms with Crippen molar-refractivity contribution in [2.75, 3.05) is 33.9 Å². The molecule has 0 amide bonds. The van der Waals surface area contributed by atoms with Gasteiger partial charge in [0.05, 0.1) is 12.6 Å². The maximum atomic E-state index is 5.38. The van der Waals surface area contributed by atoms with Crippen LogP contribution in [0.2, 0.25) is 0 Å². The molecule has 1 aliphatic rings. The van der Waals surface area contributed by atoms with Gasteiger partial charge in [-0.25, -0.2) is 0 Å². The highest BCUT2D eigenvalue weighted by Crippen LogP contribution is 2.20. The van der Waals surface area contributed by atoms with Crippen molar-refractivity contribution >= 4 is 0 Å². The number of nitrogens with one attached hydrogen (secondary N) is 1. The van der Waals surface area contributed by atoms with Gasteiger partial charge in [-0.15, -0.1) is 0 Å². The minimum absolute atomic E-state index is 0.294. The zero-order valence-corrected chi connectivity index (χ0v) is 12.3. The molecule has 1 aromatic rings. The lowest BCUT2D eigenvalue weighted by Gasteiger charge is -2.37. The summed E-state index contributed by atoms with van der Waals surface area (Å²) in [5.41, 5.74) is 1.32. The summed E-state index contributed by atoms with van der Waals surface area (Å²) in [6, 6.07) is 11.5. The summed E-state index contributed by atoms with van der Waals surface area (Å²) >= 11 is 0. The van der Waals surface area contributed by atoms with Crippen LogP contribution in [0, 0.1) is 5.92 Å². The number of hydrogen-bond acceptors (Lipinski definition) is 3. The van der Waals surface area contributed by atoms with Crippen LogP contribution >= 0.6 is 0 Å². The molecular weight excluding hydrogens is 236 g/mol. The summed E-state index contributed by atoms with van der Waals surface area (Å²) in [7, 11) is 3.98. The molecule has 3 atom stereocenters. The predicted octanol–water partition coefficient (Wildman–Crippen LogP) is 2.30. The zero-order valence-electron chi connectivity index (χ0n) is 12.3. The van der Waals surface area contributed by atoms with Crippen molar-refractivity contribution in [2.24, 2.45) is 5.92 Å². The number of methoxy groups -OCH3 is 1. The molecule has 2 rings (SSSR count). The van der Waals surface area contributed by atoms with Crippen LogP contribution < -0.4 is 5.32 Å². The van der Waals surface area contributed by atoms with Crippen LogP contribution in [0.15, 0.2) is 30.3 Å². The molecule has 3 heteroatoms. The Morgan fingerprint density at radius 1 is 1.37 bits per heavy atom. The van der Waals surface area contributed by atoms with Crippen molar-refractivity contribution in [1.29, 1.82) is 0 Å². The fourth-order valence-corrected chi connectivity index (χ4v) is 2.95. The molecule has 1 aliphatic heterocycles. The van der Waals surface area contributed by atoms with E-state index < -0.39 is 0 Å². The minimum atomic E-state index is 0.294. The molecule has 1 saturated heterocycles. The van der Waals surface area contributed by atoms with Crippen LogP contribution in [-0.2, 0) is 4.74 Å². The van der Waals surface area contributed by atoms with Gasteiger partial charge in [0.15, 0.2) is 0 Å². The molecule has 3 unspecified atom stereocenters. The lowest BCUT2D eigenvalue weighted by molar-refractivity contribution is 0.127. The van der Waals surface area contributed by atoms with E-state index in [4.69, 9.17) is 4.74 Å². The standard InChI is InChI=1S/C16H26N2O/c1-13-11-18(2)10-9-15(13)17-16(12-19-3)14-7-5-4-6-8-14/h4-8,13,15-17H,9-12H2,1-3H3. The quantitative estimate of drug-likeness (QED) is 0.881. The van der Waals surface area contributed by atoms with Crippen molar-refractivity contribution in [1.82, 2.24) is 10.2 Å². The Labute approximate surface area is 116 Å². The molecule has 1 aromatic carbocycles. The van der Waals surface area contributed by atoms with Gasteiger partial charge < -0.3 is 15.0 Å².